The van der Waals surface area contributed by atoms with Crippen LogP contribution in [0.1, 0.15) is 37.9 Å². The molecule has 1 aromatic rings. The summed E-state index contributed by atoms with van der Waals surface area (Å²) < 4.78 is 12.1. The van der Waals surface area contributed by atoms with Crippen LogP contribution in [0.2, 0.25) is 0 Å². The van der Waals surface area contributed by atoms with Crippen molar-refractivity contribution in [3.63, 3.8) is 0 Å². The summed E-state index contributed by atoms with van der Waals surface area (Å²) in [6.45, 7) is 4.73. The topological polar surface area (TPSA) is 54.9 Å². The van der Waals surface area contributed by atoms with Crippen molar-refractivity contribution in [3.05, 3.63) is 21.6 Å². The van der Waals surface area contributed by atoms with Crippen LogP contribution in [0.3, 0.4) is 0 Å². The molecule has 15 heavy (non-hydrogen) atoms. The molecule has 0 atom stereocenters. The first-order valence-corrected chi connectivity index (χ1v) is 5.98. The monoisotopic (exact) mass is 228 g/mol. The van der Waals surface area contributed by atoms with Crippen molar-refractivity contribution in [3.8, 4) is 0 Å². The summed E-state index contributed by atoms with van der Waals surface area (Å²) in [5.74, 6) is 0. The van der Waals surface area contributed by atoms with Gasteiger partial charge in [-0.15, -0.1) is 0 Å². The highest BCUT2D eigenvalue weighted by molar-refractivity contribution is 7.65. The summed E-state index contributed by atoms with van der Waals surface area (Å²) in [7, 11) is 0. The van der Waals surface area contributed by atoms with Gasteiger partial charge in [0.25, 0.3) is 5.56 Å². The lowest BCUT2D eigenvalue weighted by molar-refractivity contribution is 0.577. The lowest BCUT2D eigenvalue weighted by Gasteiger charge is -1.97. The van der Waals surface area contributed by atoms with Gasteiger partial charge < -0.3 is 0 Å². The Bertz CT molecular complexity index is 427. The zero-order chi connectivity index (χ0) is 11.3. The highest BCUT2D eigenvalue weighted by Gasteiger charge is 2.10. The van der Waals surface area contributed by atoms with Crippen molar-refractivity contribution >= 4 is 16.6 Å². The molecule has 1 heterocycles. The van der Waals surface area contributed by atoms with E-state index >= 15 is 0 Å². The lowest BCUT2D eigenvalue weighted by atomic mass is 10.2. The SMILES string of the molecule is CCCc1[nH]n(CCC)c(=O)c1C=S=O. The number of H-pyrrole nitrogens is 1. The van der Waals surface area contributed by atoms with E-state index in [0.717, 1.165) is 25.0 Å². The molecule has 0 saturated carbocycles. The molecule has 0 unspecified atom stereocenters. The van der Waals surface area contributed by atoms with Gasteiger partial charge in [0.1, 0.15) is 0 Å². The Hall–Kier alpha value is -1.10. The van der Waals surface area contributed by atoms with Crippen molar-refractivity contribution in [1.82, 2.24) is 9.78 Å². The van der Waals surface area contributed by atoms with Crippen LogP contribution in [0.25, 0.3) is 0 Å². The summed E-state index contributed by atoms with van der Waals surface area (Å²) in [6, 6.07) is 0. The van der Waals surface area contributed by atoms with E-state index in [0.29, 0.717) is 23.4 Å². The molecule has 1 rings (SSSR count). The largest absolute Gasteiger partial charge is 0.299 e. The van der Waals surface area contributed by atoms with Crippen LogP contribution in [0, 0.1) is 0 Å². The summed E-state index contributed by atoms with van der Waals surface area (Å²) in [5, 5.41) is 4.44. The standard InChI is InChI=1S/C10H16N2O2S/c1-3-5-9-8(7-15-14)10(13)12(11-9)6-4-2/h7,11H,3-6H2,1-2H3. The van der Waals surface area contributed by atoms with Gasteiger partial charge >= 0.3 is 0 Å². The third-order valence-electron chi connectivity index (χ3n) is 2.18. The van der Waals surface area contributed by atoms with Crippen LogP contribution in [0.5, 0.6) is 0 Å². The highest BCUT2D eigenvalue weighted by atomic mass is 32.1. The number of hydrogen-bond acceptors (Lipinski definition) is 2. The molecule has 0 fully saturated rings. The van der Waals surface area contributed by atoms with E-state index in [9.17, 15) is 9.00 Å². The normalized spacial score (nSPS) is 10.3. The molecule has 1 aromatic heterocycles. The van der Waals surface area contributed by atoms with E-state index in [2.05, 4.69) is 5.10 Å². The zero-order valence-corrected chi connectivity index (χ0v) is 9.89. The number of nitrogens with one attached hydrogen (secondary N) is 1. The molecule has 1 N–H and O–H groups in total. The average molecular weight is 228 g/mol. The minimum atomic E-state index is -0.0800. The van der Waals surface area contributed by atoms with E-state index in [4.69, 9.17) is 0 Å². The molecule has 0 aliphatic rings. The average Bonchev–Trinajstić information content (AvgIpc) is 2.49. The third kappa shape index (κ3) is 2.68. The van der Waals surface area contributed by atoms with Crippen LogP contribution in [-0.4, -0.2) is 19.4 Å². The van der Waals surface area contributed by atoms with Crippen molar-refractivity contribution < 1.29 is 4.21 Å². The zero-order valence-electron chi connectivity index (χ0n) is 9.08. The fourth-order valence-corrected chi connectivity index (χ4v) is 1.88. The molecule has 0 aromatic carbocycles. The van der Waals surface area contributed by atoms with Crippen LogP contribution < -0.4 is 5.56 Å². The second-order valence-electron chi connectivity index (χ2n) is 3.42. The van der Waals surface area contributed by atoms with Crippen LogP contribution in [0.4, 0.5) is 0 Å². The van der Waals surface area contributed by atoms with Crippen LogP contribution >= 0.6 is 0 Å². The van der Waals surface area contributed by atoms with Crippen molar-refractivity contribution in [2.24, 2.45) is 0 Å². The Morgan fingerprint density at radius 3 is 2.67 bits per heavy atom. The van der Waals surface area contributed by atoms with Gasteiger partial charge in [0.05, 0.1) is 16.8 Å². The van der Waals surface area contributed by atoms with Gasteiger partial charge in [-0.05, 0) is 12.8 Å². The first kappa shape index (κ1) is 12.0. The van der Waals surface area contributed by atoms with E-state index in [1.165, 1.54) is 5.37 Å². The molecule has 0 amide bonds. The predicted octanol–water partition coefficient (Wildman–Crippen LogP) is 0.902. The van der Waals surface area contributed by atoms with E-state index in [1.54, 1.807) is 4.68 Å². The molecular formula is C10H16N2O2S. The Labute approximate surface area is 92.4 Å². The molecule has 0 aliphatic carbocycles. The van der Waals surface area contributed by atoms with Crippen LogP contribution in [0.15, 0.2) is 4.79 Å². The summed E-state index contributed by atoms with van der Waals surface area (Å²) in [6.07, 6.45) is 2.66. The number of hydrogen-bond donors (Lipinski definition) is 1. The molecule has 0 saturated heterocycles. The number of nitrogens with zero attached hydrogens (tertiary/aromatic N) is 1. The van der Waals surface area contributed by atoms with Crippen molar-refractivity contribution in [1.29, 1.82) is 0 Å². The summed E-state index contributed by atoms with van der Waals surface area (Å²) >= 11 is 0.332. The first-order valence-electron chi connectivity index (χ1n) is 5.18. The van der Waals surface area contributed by atoms with Crippen LogP contribution in [-0.2, 0) is 24.2 Å². The number of aromatic nitrogens is 2. The maximum absolute atomic E-state index is 11.8. The number of aryl methyl sites for hydroxylation is 2. The summed E-state index contributed by atoms with van der Waals surface area (Å²) in [5.41, 5.74) is 1.33. The van der Waals surface area contributed by atoms with Gasteiger partial charge in [-0.25, -0.2) is 4.21 Å². The molecule has 4 nitrogen and oxygen atoms in total. The maximum atomic E-state index is 11.8. The first-order chi connectivity index (χ1) is 7.24. The molecule has 0 radical (unpaired) electrons. The highest BCUT2D eigenvalue weighted by Crippen LogP contribution is 2.02. The van der Waals surface area contributed by atoms with Gasteiger partial charge in [-0.3, -0.25) is 14.6 Å². The lowest BCUT2D eigenvalue weighted by Crippen LogP contribution is -2.18. The Balaban J connectivity index is 3.19. The Morgan fingerprint density at radius 2 is 2.13 bits per heavy atom. The number of rotatable bonds is 5. The molecule has 0 bridgehead atoms. The van der Waals surface area contributed by atoms with Gasteiger partial charge in [-0.2, -0.15) is 0 Å². The second kappa shape index (κ2) is 5.70. The van der Waals surface area contributed by atoms with Crippen molar-refractivity contribution in [2.45, 2.75) is 39.7 Å². The van der Waals surface area contributed by atoms with Gasteiger partial charge in [0, 0.05) is 17.6 Å². The van der Waals surface area contributed by atoms with E-state index in [-0.39, 0.29) is 5.56 Å². The fourth-order valence-electron chi connectivity index (χ4n) is 1.54. The third-order valence-corrected chi connectivity index (χ3v) is 2.52. The van der Waals surface area contributed by atoms with Crippen molar-refractivity contribution in [2.75, 3.05) is 0 Å². The smallest absolute Gasteiger partial charge is 0.274 e. The fraction of sp³-hybridized carbons (Fsp3) is 0.600. The molecular weight excluding hydrogens is 212 g/mol. The minimum Gasteiger partial charge on any atom is -0.299 e. The van der Waals surface area contributed by atoms with Gasteiger partial charge in [0.15, 0.2) is 0 Å². The molecule has 5 heteroatoms. The minimum absolute atomic E-state index is 0.0800. The quantitative estimate of drug-likeness (QED) is 0.761. The predicted molar refractivity (Wildman–Crippen MR) is 62.6 cm³/mol. The maximum Gasteiger partial charge on any atom is 0.274 e. The Morgan fingerprint density at radius 1 is 1.40 bits per heavy atom. The van der Waals surface area contributed by atoms with Gasteiger partial charge in [0.2, 0.25) is 0 Å². The van der Waals surface area contributed by atoms with E-state index in [1.807, 2.05) is 13.8 Å². The molecule has 84 valence electrons. The second-order valence-corrected chi connectivity index (χ2v) is 3.85. The van der Waals surface area contributed by atoms with Gasteiger partial charge in [-0.1, -0.05) is 20.3 Å². The molecule has 0 aliphatic heterocycles. The Kier molecular flexibility index (Phi) is 4.55. The summed E-state index contributed by atoms with van der Waals surface area (Å²) in [4.78, 5) is 11.8. The number of aromatic amines is 1. The van der Waals surface area contributed by atoms with E-state index < -0.39 is 0 Å². The molecule has 0 spiro atoms.